The lowest BCUT2D eigenvalue weighted by molar-refractivity contribution is 0.0147. The molecule has 0 bridgehead atoms. The summed E-state index contributed by atoms with van der Waals surface area (Å²) in [4.78, 5) is 0. The summed E-state index contributed by atoms with van der Waals surface area (Å²) >= 11 is 0. The van der Waals surface area contributed by atoms with Gasteiger partial charge in [0.15, 0.2) is 23.2 Å². The van der Waals surface area contributed by atoms with E-state index in [2.05, 4.69) is 0 Å². The van der Waals surface area contributed by atoms with E-state index in [1.54, 1.807) is 49.4 Å². The molecule has 1 aliphatic heterocycles. The molecule has 33 heavy (non-hydrogen) atoms. The van der Waals surface area contributed by atoms with Crippen molar-refractivity contribution in [2.24, 2.45) is 0 Å². The molecular formula is C27H24F4O2. The molecule has 0 N–H and O–H groups in total. The third-order valence-corrected chi connectivity index (χ3v) is 5.94. The summed E-state index contributed by atoms with van der Waals surface area (Å²) in [5.41, 5.74) is 1.30. The minimum Gasteiger partial charge on any atom is -0.462 e. The molecule has 0 amide bonds. The van der Waals surface area contributed by atoms with E-state index in [0.29, 0.717) is 23.3 Å². The predicted molar refractivity (Wildman–Crippen MR) is 120 cm³/mol. The van der Waals surface area contributed by atoms with Gasteiger partial charge in [0.05, 0.1) is 19.0 Å². The Morgan fingerprint density at radius 2 is 1.39 bits per heavy atom. The molecule has 0 aliphatic carbocycles. The Morgan fingerprint density at radius 3 is 1.97 bits per heavy atom. The van der Waals surface area contributed by atoms with Crippen LogP contribution >= 0.6 is 0 Å². The van der Waals surface area contributed by atoms with Crippen LogP contribution in [0.5, 0.6) is 5.75 Å². The second-order valence-corrected chi connectivity index (χ2v) is 8.15. The SMILES string of the molecule is C/C=C\Oc1ccc(-c2ccc(-c3ccc(C4CCC(C)OC4)c(F)c3F)cc2)c(F)c1F. The number of hydrogen-bond donors (Lipinski definition) is 0. The largest absolute Gasteiger partial charge is 0.462 e. The molecule has 1 saturated heterocycles. The Morgan fingerprint density at radius 1 is 0.788 bits per heavy atom. The summed E-state index contributed by atoms with van der Waals surface area (Å²) in [6, 6.07) is 12.1. The third-order valence-electron chi connectivity index (χ3n) is 5.94. The van der Waals surface area contributed by atoms with Crippen molar-refractivity contribution in [3.05, 3.63) is 89.7 Å². The highest BCUT2D eigenvalue weighted by atomic mass is 19.2. The highest BCUT2D eigenvalue weighted by Gasteiger charge is 2.25. The normalized spacial score (nSPS) is 18.6. The van der Waals surface area contributed by atoms with Crippen molar-refractivity contribution >= 4 is 0 Å². The Kier molecular flexibility index (Phi) is 6.84. The topological polar surface area (TPSA) is 18.5 Å². The molecule has 6 heteroatoms. The molecule has 0 radical (unpaired) electrons. The standard InChI is InChI=1S/C27H24F4O2/c1-3-14-32-23-13-12-21(26(30)27(23)31)18-8-6-17(7-9-18)20-10-11-22(25(29)24(20)28)19-5-4-16(2)33-15-19/h3,6-14,16,19H,4-5,15H2,1-2H3/b14-3-. The van der Waals surface area contributed by atoms with Gasteiger partial charge in [0, 0.05) is 17.0 Å². The lowest BCUT2D eigenvalue weighted by atomic mass is 9.89. The molecule has 4 rings (SSSR count). The van der Waals surface area contributed by atoms with Gasteiger partial charge in [0.2, 0.25) is 5.82 Å². The molecule has 0 saturated carbocycles. The third kappa shape index (κ3) is 4.67. The minimum absolute atomic E-state index is 0.0420. The van der Waals surface area contributed by atoms with Gasteiger partial charge in [-0.1, -0.05) is 42.5 Å². The van der Waals surface area contributed by atoms with Gasteiger partial charge in [-0.2, -0.15) is 4.39 Å². The van der Waals surface area contributed by atoms with Gasteiger partial charge in [-0.05, 0) is 55.5 Å². The van der Waals surface area contributed by atoms with E-state index in [0.717, 1.165) is 12.8 Å². The highest BCUT2D eigenvalue weighted by Crippen LogP contribution is 2.35. The van der Waals surface area contributed by atoms with Gasteiger partial charge in [-0.25, -0.2) is 13.2 Å². The van der Waals surface area contributed by atoms with Crippen LogP contribution < -0.4 is 4.74 Å². The van der Waals surface area contributed by atoms with Gasteiger partial charge in [-0.3, -0.25) is 0 Å². The molecular weight excluding hydrogens is 432 g/mol. The van der Waals surface area contributed by atoms with Gasteiger partial charge in [-0.15, -0.1) is 0 Å². The maximum atomic E-state index is 14.9. The lowest BCUT2D eigenvalue weighted by Crippen LogP contribution is -2.23. The van der Waals surface area contributed by atoms with Gasteiger partial charge in [0.25, 0.3) is 0 Å². The first-order valence-electron chi connectivity index (χ1n) is 10.9. The zero-order valence-electron chi connectivity index (χ0n) is 18.4. The zero-order valence-corrected chi connectivity index (χ0v) is 18.4. The molecule has 1 aliphatic rings. The second kappa shape index (κ2) is 9.79. The van der Waals surface area contributed by atoms with Crippen LogP contribution in [0.3, 0.4) is 0 Å². The van der Waals surface area contributed by atoms with E-state index in [4.69, 9.17) is 9.47 Å². The number of rotatable bonds is 5. The average molecular weight is 456 g/mol. The Balaban J connectivity index is 1.60. The van der Waals surface area contributed by atoms with Crippen LogP contribution in [0.15, 0.2) is 60.9 Å². The fourth-order valence-corrected chi connectivity index (χ4v) is 4.05. The van der Waals surface area contributed by atoms with Gasteiger partial charge < -0.3 is 9.47 Å². The minimum atomic E-state index is -1.10. The highest BCUT2D eigenvalue weighted by molar-refractivity contribution is 5.72. The zero-order chi connectivity index (χ0) is 23.5. The first kappa shape index (κ1) is 23.1. The quantitative estimate of drug-likeness (QED) is 0.288. The summed E-state index contributed by atoms with van der Waals surface area (Å²) in [6.07, 6.45) is 4.48. The predicted octanol–water partition coefficient (Wildman–Crippen LogP) is 7.77. The summed E-state index contributed by atoms with van der Waals surface area (Å²) in [5.74, 6) is -4.34. The van der Waals surface area contributed by atoms with E-state index in [1.165, 1.54) is 18.4 Å². The molecule has 0 aromatic heterocycles. The number of hydrogen-bond acceptors (Lipinski definition) is 2. The first-order valence-corrected chi connectivity index (χ1v) is 10.9. The number of allylic oxidation sites excluding steroid dienone is 1. The second-order valence-electron chi connectivity index (χ2n) is 8.15. The molecule has 0 spiro atoms. The van der Waals surface area contributed by atoms with E-state index in [1.807, 2.05) is 6.92 Å². The average Bonchev–Trinajstić information content (AvgIpc) is 2.83. The van der Waals surface area contributed by atoms with Crippen molar-refractivity contribution in [1.29, 1.82) is 0 Å². The maximum Gasteiger partial charge on any atom is 0.201 e. The monoisotopic (exact) mass is 456 g/mol. The Labute approximate surface area is 190 Å². The van der Waals surface area contributed by atoms with Crippen molar-refractivity contribution in [1.82, 2.24) is 0 Å². The molecule has 1 fully saturated rings. The van der Waals surface area contributed by atoms with Crippen LogP contribution in [0.2, 0.25) is 0 Å². The molecule has 2 atom stereocenters. The summed E-state index contributed by atoms with van der Waals surface area (Å²) in [6.45, 7) is 4.02. The molecule has 172 valence electrons. The van der Waals surface area contributed by atoms with Crippen molar-refractivity contribution in [3.8, 4) is 28.0 Å². The van der Waals surface area contributed by atoms with Crippen molar-refractivity contribution < 1.29 is 27.0 Å². The first-order chi connectivity index (χ1) is 15.9. The van der Waals surface area contributed by atoms with E-state index >= 15 is 0 Å². The van der Waals surface area contributed by atoms with E-state index < -0.39 is 23.3 Å². The Hall–Kier alpha value is -3.12. The van der Waals surface area contributed by atoms with Crippen LogP contribution in [0.1, 0.15) is 38.2 Å². The van der Waals surface area contributed by atoms with Crippen molar-refractivity contribution in [2.45, 2.75) is 38.7 Å². The fourth-order valence-electron chi connectivity index (χ4n) is 4.05. The number of benzene rings is 3. The summed E-state index contributed by atoms with van der Waals surface area (Å²) < 4.78 is 69.3. The van der Waals surface area contributed by atoms with Crippen LogP contribution in [0, 0.1) is 23.3 Å². The molecule has 1 heterocycles. The molecule has 2 unspecified atom stereocenters. The van der Waals surface area contributed by atoms with Crippen molar-refractivity contribution in [2.75, 3.05) is 6.61 Å². The van der Waals surface area contributed by atoms with Gasteiger partial charge in [0.1, 0.15) is 0 Å². The summed E-state index contributed by atoms with van der Waals surface area (Å²) in [7, 11) is 0. The van der Waals surface area contributed by atoms with Crippen LogP contribution in [0.25, 0.3) is 22.3 Å². The Bertz CT molecular complexity index is 1160. The van der Waals surface area contributed by atoms with Crippen LogP contribution in [-0.4, -0.2) is 12.7 Å². The van der Waals surface area contributed by atoms with Gasteiger partial charge >= 0.3 is 0 Å². The van der Waals surface area contributed by atoms with Crippen LogP contribution in [-0.2, 0) is 4.74 Å². The summed E-state index contributed by atoms with van der Waals surface area (Å²) in [5, 5.41) is 0. The number of halogens is 4. The van der Waals surface area contributed by atoms with Crippen LogP contribution in [0.4, 0.5) is 17.6 Å². The number of ether oxygens (including phenoxy) is 2. The van der Waals surface area contributed by atoms with E-state index in [-0.39, 0.29) is 28.9 Å². The fraction of sp³-hybridized carbons (Fsp3) is 0.259. The smallest absolute Gasteiger partial charge is 0.201 e. The lowest BCUT2D eigenvalue weighted by Gasteiger charge is -2.27. The van der Waals surface area contributed by atoms with Crippen molar-refractivity contribution in [3.63, 3.8) is 0 Å². The van der Waals surface area contributed by atoms with E-state index in [9.17, 15) is 17.6 Å². The molecule has 2 nitrogen and oxygen atoms in total. The molecule has 3 aromatic rings. The molecule has 3 aromatic carbocycles. The maximum absolute atomic E-state index is 14.9.